The van der Waals surface area contributed by atoms with Gasteiger partial charge in [-0.1, -0.05) is 143 Å². The van der Waals surface area contributed by atoms with Crippen molar-refractivity contribution in [3.63, 3.8) is 0 Å². The Labute approximate surface area is 375 Å². The van der Waals surface area contributed by atoms with Crippen molar-refractivity contribution in [1.82, 2.24) is 0 Å². The highest BCUT2D eigenvalue weighted by Crippen LogP contribution is 2.71. The third-order valence-electron chi connectivity index (χ3n) is 18.1. The van der Waals surface area contributed by atoms with E-state index in [4.69, 9.17) is 5.10 Å². The first-order chi connectivity index (χ1) is 30.7. The number of nitrogens with zero attached hydrogens (tertiary/aromatic N) is 3. The van der Waals surface area contributed by atoms with Gasteiger partial charge in [0.25, 0.3) is 0 Å². The maximum absolute atomic E-state index is 13.5. The smallest absolute Gasteiger partial charge is 0.213 e. The minimum absolute atomic E-state index is 0.115. The molecule has 0 bridgehead atoms. The molecule has 2 heterocycles. The molecule has 320 valence electrons. The van der Waals surface area contributed by atoms with E-state index in [-0.39, 0.29) is 11.5 Å². The Morgan fingerprint density at radius 2 is 1.11 bits per heavy atom. The second kappa shape index (κ2) is 15.7. The summed E-state index contributed by atoms with van der Waals surface area (Å²) >= 11 is 0. The van der Waals surface area contributed by atoms with E-state index >= 15 is 0 Å². The number of hydrogen-bond acceptors (Lipinski definition) is 3. The standard InChI is InChI=1S/C59H64N3O/c1-56-33-16-17-34-57(56,2)50-31-36-58(3)51(49(50)30-35-56)32-37-59(58,63)41-61-53(44-20-10-5-11-21-44)38-47(39-54(61)45-22-12-6-13-23-45)42-26-28-48(29-27-42)62-55(46-24-14-7-15-25-46)40-52(60-62)43-18-8-4-9-19-43/h4-15,18-29,38-39,49-51,55,63H,16-17,30-37,40-41H2,1-3H3/q+1/t49-,50+,51+,55-,56-,57-,58+,59-/m1/s1. The van der Waals surface area contributed by atoms with Crippen LogP contribution in [0.25, 0.3) is 33.6 Å². The van der Waals surface area contributed by atoms with Gasteiger partial charge in [-0.05, 0) is 139 Å². The molecule has 0 amide bonds. The van der Waals surface area contributed by atoms with Crippen molar-refractivity contribution >= 4 is 11.4 Å². The average molecular weight is 831 g/mol. The normalized spacial score (nSPS) is 31.2. The summed E-state index contributed by atoms with van der Waals surface area (Å²) in [5.74, 6) is 2.06. The highest BCUT2D eigenvalue weighted by Gasteiger charge is 2.67. The molecule has 1 aliphatic heterocycles. The summed E-state index contributed by atoms with van der Waals surface area (Å²) in [6, 6.07) is 57.1. The van der Waals surface area contributed by atoms with E-state index in [2.05, 4.69) is 188 Å². The molecule has 1 N–H and O–H groups in total. The van der Waals surface area contributed by atoms with Crippen molar-refractivity contribution in [2.24, 2.45) is 39.1 Å². The molecule has 4 nitrogen and oxygen atoms in total. The molecule has 4 fully saturated rings. The lowest BCUT2D eigenvalue weighted by atomic mass is 9.40. The van der Waals surface area contributed by atoms with Gasteiger partial charge in [0.2, 0.25) is 11.4 Å². The fourth-order valence-corrected chi connectivity index (χ4v) is 14.2. The number of hydrogen-bond donors (Lipinski definition) is 1. The summed E-state index contributed by atoms with van der Waals surface area (Å²) in [6.07, 6.45) is 13.5. The molecule has 4 heteroatoms. The highest BCUT2D eigenvalue weighted by molar-refractivity contribution is 6.03. The van der Waals surface area contributed by atoms with E-state index in [1.807, 2.05) is 0 Å². The Kier molecular flexibility index (Phi) is 10.1. The van der Waals surface area contributed by atoms with E-state index in [9.17, 15) is 5.11 Å². The molecule has 5 aromatic carbocycles. The molecule has 4 aliphatic carbocycles. The first-order valence-electron chi connectivity index (χ1n) is 24.2. The van der Waals surface area contributed by atoms with Crippen LogP contribution in [0.3, 0.4) is 0 Å². The lowest BCUT2D eigenvalue weighted by Crippen LogP contribution is -2.61. The maximum Gasteiger partial charge on any atom is 0.213 e. The molecule has 0 radical (unpaired) electrons. The van der Waals surface area contributed by atoms with Crippen LogP contribution in [-0.4, -0.2) is 16.4 Å². The predicted molar refractivity (Wildman–Crippen MR) is 258 cm³/mol. The van der Waals surface area contributed by atoms with Gasteiger partial charge in [-0.3, -0.25) is 5.01 Å². The number of hydrazone groups is 1. The van der Waals surface area contributed by atoms with Crippen molar-refractivity contribution in [2.75, 3.05) is 5.01 Å². The number of aromatic nitrogens is 1. The van der Waals surface area contributed by atoms with Crippen molar-refractivity contribution in [3.05, 3.63) is 169 Å². The van der Waals surface area contributed by atoms with Gasteiger partial charge in [0.15, 0.2) is 6.54 Å². The molecule has 4 saturated carbocycles. The molecule has 63 heavy (non-hydrogen) atoms. The zero-order chi connectivity index (χ0) is 42.8. The summed E-state index contributed by atoms with van der Waals surface area (Å²) in [5.41, 5.74) is 11.5. The molecule has 0 unspecified atom stereocenters. The molecule has 6 aromatic rings. The summed E-state index contributed by atoms with van der Waals surface area (Å²) in [5, 5.41) is 20.9. The Bertz CT molecular complexity index is 2550. The van der Waals surface area contributed by atoms with Crippen LogP contribution in [0, 0.1) is 34.0 Å². The zero-order valence-corrected chi connectivity index (χ0v) is 37.6. The molecule has 5 aliphatic rings. The number of anilines is 1. The Morgan fingerprint density at radius 1 is 0.556 bits per heavy atom. The SMILES string of the molecule is C[C@]12CCCC[C@]1(C)[C@H]1CC[C@@]3(C)[C@@H](CC[C@@]3(O)C[n+]3c(-c4ccccc4)cc(-c4ccc(N5N=C(c6ccccc6)C[C@@H]5c5ccccc5)cc4)cc3-c3ccccc3)[C@@H]1CC2. The summed E-state index contributed by atoms with van der Waals surface area (Å²) in [4.78, 5) is 0. The van der Waals surface area contributed by atoms with Crippen molar-refractivity contribution in [3.8, 4) is 33.6 Å². The van der Waals surface area contributed by atoms with Gasteiger partial charge >= 0.3 is 0 Å². The van der Waals surface area contributed by atoms with Gasteiger partial charge in [0.1, 0.15) is 5.60 Å². The number of pyridine rings is 1. The minimum atomic E-state index is -0.818. The largest absolute Gasteiger partial charge is 0.383 e. The highest BCUT2D eigenvalue weighted by atomic mass is 16.3. The second-order valence-electron chi connectivity index (χ2n) is 20.9. The number of benzene rings is 5. The summed E-state index contributed by atoms with van der Waals surface area (Å²) < 4.78 is 2.50. The molecule has 8 atom stereocenters. The number of rotatable bonds is 8. The van der Waals surface area contributed by atoms with Gasteiger partial charge in [-0.15, -0.1) is 0 Å². The Morgan fingerprint density at radius 3 is 1.75 bits per heavy atom. The van der Waals surface area contributed by atoms with E-state index in [0.29, 0.717) is 29.2 Å². The lowest BCUT2D eigenvalue weighted by Gasteiger charge is -2.65. The van der Waals surface area contributed by atoms with Crippen LogP contribution in [0.15, 0.2) is 163 Å². The average Bonchev–Trinajstić information content (AvgIpc) is 3.89. The first-order valence-corrected chi connectivity index (χ1v) is 24.2. The van der Waals surface area contributed by atoms with Crippen LogP contribution in [-0.2, 0) is 6.54 Å². The monoisotopic (exact) mass is 831 g/mol. The summed E-state index contributed by atoms with van der Waals surface area (Å²) in [6.45, 7) is 8.39. The number of fused-ring (bicyclic) bond motifs is 5. The molecule has 11 rings (SSSR count). The van der Waals surface area contributed by atoms with Gasteiger partial charge in [0, 0.05) is 35.1 Å². The predicted octanol–water partition coefficient (Wildman–Crippen LogP) is 13.9. The summed E-state index contributed by atoms with van der Waals surface area (Å²) in [7, 11) is 0. The fraction of sp³-hybridized carbons (Fsp3) is 0.390. The van der Waals surface area contributed by atoms with E-state index in [1.165, 1.54) is 72.8 Å². The zero-order valence-electron chi connectivity index (χ0n) is 37.6. The van der Waals surface area contributed by atoms with E-state index < -0.39 is 5.60 Å². The van der Waals surface area contributed by atoms with Crippen molar-refractivity contribution < 1.29 is 9.67 Å². The molecule has 0 saturated heterocycles. The third-order valence-corrected chi connectivity index (χ3v) is 18.1. The van der Waals surface area contributed by atoms with Crippen LogP contribution in [0.4, 0.5) is 5.69 Å². The maximum atomic E-state index is 13.5. The van der Waals surface area contributed by atoms with Crippen LogP contribution < -0.4 is 9.58 Å². The van der Waals surface area contributed by atoms with Crippen LogP contribution in [0.2, 0.25) is 0 Å². The molecular formula is C59H64N3O+. The third kappa shape index (κ3) is 6.73. The molecular weight excluding hydrogens is 767 g/mol. The topological polar surface area (TPSA) is 39.7 Å². The minimum Gasteiger partial charge on any atom is -0.383 e. The van der Waals surface area contributed by atoms with Gasteiger partial charge < -0.3 is 5.11 Å². The first kappa shape index (κ1) is 40.5. The van der Waals surface area contributed by atoms with Gasteiger partial charge in [-0.25, -0.2) is 0 Å². The lowest BCUT2D eigenvalue weighted by molar-refractivity contribution is -0.692. The van der Waals surface area contributed by atoms with Crippen LogP contribution in [0.1, 0.15) is 109 Å². The van der Waals surface area contributed by atoms with Gasteiger partial charge in [-0.2, -0.15) is 9.67 Å². The molecule has 1 aromatic heterocycles. The number of aliphatic hydroxyl groups is 1. The fourth-order valence-electron chi connectivity index (χ4n) is 14.2. The van der Waals surface area contributed by atoms with Gasteiger partial charge in [0.05, 0.1) is 17.4 Å². The van der Waals surface area contributed by atoms with Crippen LogP contribution >= 0.6 is 0 Å². The Balaban J connectivity index is 0.973. The second-order valence-corrected chi connectivity index (χ2v) is 20.9. The van der Waals surface area contributed by atoms with E-state index in [1.54, 1.807) is 0 Å². The quantitative estimate of drug-likeness (QED) is 0.155. The van der Waals surface area contributed by atoms with Crippen molar-refractivity contribution in [2.45, 2.75) is 110 Å². The molecule has 0 spiro atoms. The van der Waals surface area contributed by atoms with Crippen LogP contribution in [0.5, 0.6) is 0 Å². The van der Waals surface area contributed by atoms with Crippen molar-refractivity contribution in [1.29, 1.82) is 0 Å². The van der Waals surface area contributed by atoms with E-state index in [0.717, 1.165) is 60.0 Å². The Hall–Kier alpha value is -5.32.